The first-order valence-electron chi connectivity index (χ1n) is 7.28. The van der Waals surface area contributed by atoms with E-state index in [4.69, 9.17) is 0 Å². The van der Waals surface area contributed by atoms with Crippen LogP contribution in [0.4, 0.5) is 0 Å². The zero-order chi connectivity index (χ0) is 11.2. The van der Waals surface area contributed by atoms with Gasteiger partial charge in [0.25, 0.3) is 0 Å². The minimum Gasteiger partial charge on any atom is -0.317 e. The summed E-state index contributed by atoms with van der Waals surface area (Å²) >= 11 is 0. The molecule has 2 heteroatoms. The molecule has 0 unspecified atom stereocenters. The molecular formula is C14H28N2. The monoisotopic (exact) mass is 224 g/mol. The second-order valence-electron chi connectivity index (χ2n) is 5.70. The molecule has 0 atom stereocenters. The van der Waals surface area contributed by atoms with E-state index >= 15 is 0 Å². The summed E-state index contributed by atoms with van der Waals surface area (Å²) < 4.78 is 0. The summed E-state index contributed by atoms with van der Waals surface area (Å²) in [5, 5.41) is 3.40. The maximum atomic E-state index is 3.40. The van der Waals surface area contributed by atoms with E-state index in [-0.39, 0.29) is 0 Å². The van der Waals surface area contributed by atoms with Gasteiger partial charge in [-0.2, -0.15) is 0 Å². The topological polar surface area (TPSA) is 15.3 Å². The van der Waals surface area contributed by atoms with Crippen molar-refractivity contribution in [1.29, 1.82) is 0 Å². The molecule has 1 N–H and O–H groups in total. The van der Waals surface area contributed by atoms with Gasteiger partial charge in [-0.3, -0.25) is 0 Å². The van der Waals surface area contributed by atoms with Crippen molar-refractivity contribution < 1.29 is 0 Å². The van der Waals surface area contributed by atoms with E-state index in [0.29, 0.717) is 0 Å². The van der Waals surface area contributed by atoms with Crippen LogP contribution < -0.4 is 5.32 Å². The third kappa shape index (κ3) is 3.74. The molecule has 1 aliphatic heterocycles. The molecule has 1 heterocycles. The predicted molar refractivity (Wildman–Crippen MR) is 69.7 cm³/mol. The Kier molecular flexibility index (Phi) is 5.11. The molecule has 0 spiro atoms. The average molecular weight is 224 g/mol. The molecule has 0 bridgehead atoms. The molecule has 0 aromatic rings. The largest absolute Gasteiger partial charge is 0.317 e. The number of piperidine rings is 1. The van der Waals surface area contributed by atoms with Crippen molar-refractivity contribution in [2.75, 3.05) is 26.7 Å². The van der Waals surface area contributed by atoms with Crippen LogP contribution in [0.25, 0.3) is 0 Å². The third-order valence-corrected chi connectivity index (χ3v) is 4.56. The van der Waals surface area contributed by atoms with Crippen LogP contribution in [-0.2, 0) is 0 Å². The van der Waals surface area contributed by atoms with Crippen molar-refractivity contribution >= 4 is 0 Å². The lowest BCUT2D eigenvalue weighted by atomic mass is 10.0. The van der Waals surface area contributed by atoms with E-state index < -0.39 is 0 Å². The van der Waals surface area contributed by atoms with Gasteiger partial charge >= 0.3 is 0 Å². The molecule has 2 rings (SSSR count). The lowest BCUT2D eigenvalue weighted by Crippen LogP contribution is -2.41. The van der Waals surface area contributed by atoms with Gasteiger partial charge in [0.2, 0.25) is 0 Å². The lowest BCUT2D eigenvalue weighted by molar-refractivity contribution is 0.195. The number of hydrogen-bond donors (Lipinski definition) is 1. The highest BCUT2D eigenvalue weighted by Crippen LogP contribution is 2.28. The number of hydrogen-bond acceptors (Lipinski definition) is 2. The van der Waals surface area contributed by atoms with Crippen LogP contribution in [0.5, 0.6) is 0 Å². The Morgan fingerprint density at radius 2 is 1.75 bits per heavy atom. The summed E-state index contributed by atoms with van der Waals surface area (Å²) in [4.78, 5) is 2.67. The van der Waals surface area contributed by atoms with Crippen molar-refractivity contribution in [2.45, 2.75) is 57.4 Å². The van der Waals surface area contributed by atoms with Crippen LogP contribution in [-0.4, -0.2) is 37.6 Å². The van der Waals surface area contributed by atoms with E-state index in [0.717, 1.165) is 12.0 Å². The van der Waals surface area contributed by atoms with Gasteiger partial charge in [0.15, 0.2) is 0 Å². The fourth-order valence-corrected chi connectivity index (χ4v) is 3.35. The van der Waals surface area contributed by atoms with Crippen molar-refractivity contribution in [3.63, 3.8) is 0 Å². The highest BCUT2D eigenvalue weighted by atomic mass is 15.1. The third-order valence-electron chi connectivity index (χ3n) is 4.56. The Hall–Kier alpha value is -0.0800. The average Bonchev–Trinajstić information content (AvgIpc) is 2.83. The Bertz CT molecular complexity index is 179. The van der Waals surface area contributed by atoms with Crippen molar-refractivity contribution in [3.8, 4) is 0 Å². The second-order valence-corrected chi connectivity index (χ2v) is 5.70. The van der Waals surface area contributed by atoms with Gasteiger partial charge in [0, 0.05) is 6.04 Å². The van der Waals surface area contributed by atoms with Crippen LogP contribution >= 0.6 is 0 Å². The van der Waals surface area contributed by atoms with Crippen LogP contribution in [0.15, 0.2) is 0 Å². The molecule has 94 valence electrons. The summed E-state index contributed by atoms with van der Waals surface area (Å²) in [6.07, 6.45) is 11.7. The Labute approximate surface area is 101 Å². The maximum absolute atomic E-state index is 3.40. The van der Waals surface area contributed by atoms with Crippen molar-refractivity contribution in [3.05, 3.63) is 0 Å². The maximum Gasteiger partial charge on any atom is 0.00884 e. The van der Waals surface area contributed by atoms with Gasteiger partial charge in [-0.15, -0.1) is 0 Å². The van der Waals surface area contributed by atoms with Gasteiger partial charge in [-0.25, -0.2) is 0 Å². The zero-order valence-corrected chi connectivity index (χ0v) is 10.9. The smallest absolute Gasteiger partial charge is 0.00884 e. The minimum atomic E-state index is 0.783. The van der Waals surface area contributed by atoms with E-state index in [1.807, 2.05) is 0 Å². The lowest BCUT2D eigenvalue weighted by Gasteiger charge is -2.31. The van der Waals surface area contributed by atoms with E-state index in [1.165, 1.54) is 71.0 Å². The van der Waals surface area contributed by atoms with Crippen LogP contribution in [0.2, 0.25) is 0 Å². The highest BCUT2D eigenvalue weighted by Gasteiger charge is 2.18. The molecular weight excluding hydrogens is 196 g/mol. The molecule has 1 saturated heterocycles. The first kappa shape index (κ1) is 12.4. The number of nitrogens with zero attached hydrogens (tertiary/aromatic N) is 1. The molecule has 16 heavy (non-hydrogen) atoms. The molecule has 2 nitrogen and oxygen atoms in total. The molecule has 1 aliphatic carbocycles. The Balaban J connectivity index is 1.53. The van der Waals surface area contributed by atoms with Crippen LogP contribution in [0, 0.1) is 5.92 Å². The molecule has 2 fully saturated rings. The molecule has 0 aromatic carbocycles. The fourth-order valence-electron chi connectivity index (χ4n) is 3.35. The van der Waals surface area contributed by atoms with Gasteiger partial charge in [0.05, 0.1) is 0 Å². The summed E-state index contributed by atoms with van der Waals surface area (Å²) in [7, 11) is 2.10. The number of rotatable bonds is 5. The van der Waals surface area contributed by atoms with Crippen molar-refractivity contribution in [1.82, 2.24) is 10.2 Å². The van der Waals surface area contributed by atoms with Crippen molar-refractivity contribution in [2.24, 2.45) is 5.92 Å². The number of nitrogens with one attached hydrogen (secondary N) is 1. The van der Waals surface area contributed by atoms with E-state index in [9.17, 15) is 0 Å². The summed E-state index contributed by atoms with van der Waals surface area (Å²) in [6.45, 7) is 3.99. The first-order valence-corrected chi connectivity index (χ1v) is 7.28. The molecule has 1 saturated carbocycles. The molecule has 0 amide bonds. The second kappa shape index (κ2) is 6.61. The highest BCUT2D eigenvalue weighted by molar-refractivity contribution is 4.76. The standard InChI is InChI=1S/C14H28N2/c1-15-14-8-11-16(12-9-14)10-4-7-13-5-2-3-6-13/h13-15H,2-12H2,1H3. The van der Waals surface area contributed by atoms with E-state index in [2.05, 4.69) is 17.3 Å². The number of likely N-dealkylation sites (tertiary alicyclic amines) is 1. The Morgan fingerprint density at radius 3 is 2.38 bits per heavy atom. The zero-order valence-electron chi connectivity index (χ0n) is 10.9. The molecule has 2 aliphatic rings. The summed E-state index contributed by atoms with van der Waals surface area (Å²) in [5.41, 5.74) is 0. The fraction of sp³-hybridized carbons (Fsp3) is 1.00. The Morgan fingerprint density at radius 1 is 1.06 bits per heavy atom. The van der Waals surface area contributed by atoms with E-state index in [1.54, 1.807) is 0 Å². The minimum absolute atomic E-state index is 0.783. The molecule has 0 aromatic heterocycles. The molecule has 0 radical (unpaired) electrons. The summed E-state index contributed by atoms with van der Waals surface area (Å²) in [5.74, 6) is 1.08. The quantitative estimate of drug-likeness (QED) is 0.772. The summed E-state index contributed by atoms with van der Waals surface area (Å²) in [6, 6.07) is 0.783. The van der Waals surface area contributed by atoms with Crippen LogP contribution in [0.3, 0.4) is 0 Å². The van der Waals surface area contributed by atoms with Crippen LogP contribution in [0.1, 0.15) is 51.4 Å². The normalized spacial score (nSPS) is 25.3. The predicted octanol–water partition coefficient (Wildman–Crippen LogP) is 2.64. The first-order chi connectivity index (χ1) is 7.88. The van der Waals surface area contributed by atoms with Gasteiger partial charge < -0.3 is 10.2 Å². The van der Waals surface area contributed by atoms with Gasteiger partial charge in [-0.1, -0.05) is 25.7 Å². The van der Waals surface area contributed by atoms with Gasteiger partial charge in [-0.05, 0) is 58.3 Å². The SMILES string of the molecule is CNC1CCN(CCCC2CCCC2)CC1. The van der Waals surface area contributed by atoms with Gasteiger partial charge in [0.1, 0.15) is 0 Å².